The molecule has 0 bridgehead atoms. The maximum Gasteiger partial charge on any atom is 0.339 e. The van der Waals surface area contributed by atoms with Crippen LogP contribution in [0.3, 0.4) is 0 Å². The SMILES string of the molecule is CC1([C@@H](OC(=O)c2cccc3ccccc23)C(N)=O)CO1. The Balaban J connectivity index is 1.92. The number of ether oxygens (including phenoxy) is 2. The van der Waals surface area contributed by atoms with Gasteiger partial charge in [0.1, 0.15) is 5.60 Å². The first-order valence-electron chi connectivity index (χ1n) is 6.63. The van der Waals surface area contributed by atoms with E-state index in [0.717, 1.165) is 10.8 Å². The lowest BCUT2D eigenvalue weighted by molar-refractivity contribution is -0.129. The number of epoxide rings is 1. The lowest BCUT2D eigenvalue weighted by Gasteiger charge is -2.18. The van der Waals surface area contributed by atoms with E-state index in [2.05, 4.69) is 0 Å². The van der Waals surface area contributed by atoms with Crippen LogP contribution in [0.25, 0.3) is 10.8 Å². The lowest BCUT2D eigenvalue weighted by Crippen LogP contribution is -2.43. The predicted octanol–water partition coefficient (Wildman–Crippen LogP) is 1.64. The second-order valence-electron chi connectivity index (χ2n) is 5.32. The fourth-order valence-corrected chi connectivity index (χ4v) is 2.32. The molecule has 0 aliphatic carbocycles. The highest BCUT2D eigenvalue weighted by atomic mass is 16.6. The van der Waals surface area contributed by atoms with Crippen molar-refractivity contribution in [2.45, 2.75) is 18.6 Å². The molecular formula is C16H15NO4. The highest BCUT2D eigenvalue weighted by Gasteiger charge is 2.52. The van der Waals surface area contributed by atoms with Crippen LogP contribution in [0.4, 0.5) is 0 Å². The van der Waals surface area contributed by atoms with Crippen LogP contribution in [-0.4, -0.2) is 30.2 Å². The van der Waals surface area contributed by atoms with Gasteiger partial charge in [0.15, 0.2) is 0 Å². The molecule has 2 aromatic carbocycles. The summed E-state index contributed by atoms with van der Waals surface area (Å²) in [5, 5.41) is 1.70. The second-order valence-corrected chi connectivity index (χ2v) is 5.32. The zero-order valence-corrected chi connectivity index (χ0v) is 11.5. The number of rotatable bonds is 4. The third-order valence-corrected chi connectivity index (χ3v) is 3.65. The van der Waals surface area contributed by atoms with Crippen LogP contribution >= 0.6 is 0 Å². The molecule has 0 radical (unpaired) electrons. The fraction of sp³-hybridized carbons (Fsp3) is 0.250. The first-order valence-corrected chi connectivity index (χ1v) is 6.63. The number of hydrogen-bond donors (Lipinski definition) is 1. The van der Waals surface area contributed by atoms with Crippen molar-refractivity contribution >= 4 is 22.6 Å². The fourth-order valence-electron chi connectivity index (χ4n) is 2.32. The highest BCUT2D eigenvalue weighted by Crippen LogP contribution is 2.33. The number of benzene rings is 2. The van der Waals surface area contributed by atoms with Crippen molar-refractivity contribution in [1.82, 2.24) is 0 Å². The largest absolute Gasteiger partial charge is 0.445 e. The lowest BCUT2D eigenvalue weighted by atomic mass is 10.0. The second kappa shape index (κ2) is 4.86. The van der Waals surface area contributed by atoms with Crippen molar-refractivity contribution in [3.8, 4) is 0 Å². The number of nitrogens with two attached hydrogens (primary N) is 1. The zero-order valence-electron chi connectivity index (χ0n) is 11.5. The molecule has 0 spiro atoms. The summed E-state index contributed by atoms with van der Waals surface area (Å²) in [5.41, 5.74) is 4.91. The summed E-state index contributed by atoms with van der Waals surface area (Å²) in [6, 6.07) is 12.8. The normalized spacial score (nSPS) is 21.8. The van der Waals surface area contributed by atoms with Crippen LogP contribution in [-0.2, 0) is 14.3 Å². The van der Waals surface area contributed by atoms with Gasteiger partial charge in [0.2, 0.25) is 6.10 Å². The minimum atomic E-state index is -1.08. The average Bonchev–Trinajstić information content (AvgIpc) is 3.22. The van der Waals surface area contributed by atoms with Crippen molar-refractivity contribution in [3.05, 3.63) is 48.0 Å². The van der Waals surface area contributed by atoms with Crippen molar-refractivity contribution in [2.75, 3.05) is 6.61 Å². The molecule has 1 fully saturated rings. The van der Waals surface area contributed by atoms with Crippen LogP contribution in [0.15, 0.2) is 42.5 Å². The standard InChI is InChI=1S/C16H15NO4/c1-16(9-20-16)13(14(17)18)21-15(19)12-8-4-6-10-5-2-3-7-11(10)12/h2-8,13H,9H2,1H3,(H2,17,18)/t13-,16?/m0/s1. The minimum absolute atomic E-state index is 0.351. The molecule has 1 aliphatic rings. The smallest absolute Gasteiger partial charge is 0.339 e. The van der Waals surface area contributed by atoms with Crippen molar-refractivity contribution in [2.24, 2.45) is 5.73 Å². The maximum atomic E-state index is 12.4. The van der Waals surface area contributed by atoms with E-state index >= 15 is 0 Å². The van der Waals surface area contributed by atoms with Gasteiger partial charge in [0.25, 0.3) is 5.91 Å². The Morgan fingerprint density at radius 2 is 1.90 bits per heavy atom. The van der Waals surface area contributed by atoms with Gasteiger partial charge in [-0.2, -0.15) is 0 Å². The van der Waals surface area contributed by atoms with E-state index in [9.17, 15) is 9.59 Å². The maximum absolute atomic E-state index is 12.4. The first-order chi connectivity index (χ1) is 10.0. The summed E-state index contributed by atoms with van der Waals surface area (Å²) in [6.07, 6.45) is -1.08. The number of amides is 1. The van der Waals surface area contributed by atoms with E-state index in [1.165, 1.54) is 0 Å². The Bertz CT molecular complexity index is 716. The van der Waals surface area contributed by atoms with E-state index < -0.39 is 23.6 Å². The third kappa shape index (κ3) is 2.48. The molecular weight excluding hydrogens is 270 g/mol. The number of esters is 1. The zero-order chi connectivity index (χ0) is 15.0. The van der Waals surface area contributed by atoms with E-state index in [1.54, 1.807) is 19.1 Å². The van der Waals surface area contributed by atoms with E-state index in [0.29, 0.717) is 12.2 Å². The quantitative estimate of drug-likeness (QED) is 0.684. The van der Waals surface area contributed by atoms with Crippen molar-refractivity contribution in [3.63, 3.8) is 0 Å². The van der Waals surface area contributed by atoms with Gasteiger partial charge in [0.05, 0.1) is 12.2 Å². The molecule has 1 unspecified atom stereocenters. The molecule has 21 heavy (non-hydrogen) atoms. The number of fused-ring (bicyclic) bond motifs is 1. The molecule has 2 aromatic rings. The van der Waals surface area contributed by atoms with Crippen LogP contribution < -0.4 is 5.73 Å². The van der Waals surface area contributed by atoms with Crippen LogP contribution in [0, 0.1) is 0 Å². The molecule has 1 aliphatic heterocycles. The molecule has 1 saturated heterocycles. The van der Waals surface area contributed by atoms with Gasteiger partial charge >= 0.3 is 5.97 Å². The molecule has 1 amide bonds. The minimum Gasteiger partial charge on any atom is -0.445 e. The molecule has 2 atom stereocenters. The van der Waals surface area contributed by atoms with Gasteiger partial charge in [-0.1, -0.05) is 36.4 Å². The Hall–Kier alpha value is -2.40. The molecule has 5 heteroatoms. The Kier molecular flexibility index (Phi) is 3.14. The van der Waals surface area contributed by atoms with E-state index in [-0.39, 0.29) is 0 Å². The number of carbonyl (C=O) groups is 2. The third-order valence-electron chi connectivity index (χ3n) is 3.65. The number of carbonyl (C=O) groups excluding carboxylic acids is 2. The number of primary amides is 1. The van der Waals surface area contributed by atoms with Gasteiger partial charge in [-0.25, -0.2) is 4.79 Å². The van der Waals surface area contributed by atoms with Gasteiger partial charge in [0, 0.05) is 0 Å². The molecule has 2 N–H and O–H groups in total. The molecule has 1 heterocycles. The number of hydrogen-bond acceptors (Lipinski definition) is 4. The highest BCUT2D eigenvalue weighted by molar-refractivity contribution is 6.05. The van der Waals surface area contributed by atoms with Gasteiger partial charge in [-0.05, 0) is 23.8 Å². The van der Waals surface area contributed by atoms with Crippen LogP contribution in [0.1, 0.15) is 17.3 Å². The summed E-state index contributed by atoms with van der Waals surface area (Å²) < 4.78 is 10.5. The average molecular weight is 285 g/mol. The van der Waals surface area contributed by atoms with Gasteiger partial charge in [-0.3, -0.25) is 4.79 Å². The van der Waals surface area contributed by atoms with Gasteiger partial charge < -0.3 is 15.2 Å². The summed E-state index contributed by atoms with van der Waals surface area (Å²) in [5.74, 6) is -1.28. The van der Waals surface area contributed by atoms with Crippen molar-refractivity contribution < 1.29 is 19.1 Å². The summed E-state index contributed by atoms with van der Waals surface area (Å²) in [7, 11) is 0. The molecule has 3 rings (SSSR count). The summed E-state index contributed by atoms with van der Waals surface area (Å²) in [4.78, 5) is 23.8. The molecule has 5 nitrogen and oxygen atoms in total. The van der Waals surface area contributed by atoms with Crippen LogP contribution in [0.2, 0.25) is 0 Å². The van der Waals surface area contributed by atoms with E-state index in [1.807, 2.05) is 30.3 Å². The molecule has 108 valence electrons. The monoisotopic (exact) mass is 285 g/mol. The summed E-state index contributed by atoms with van der Waals surface area (Å²) in [6.45, 7) is 2.04. The Morgan fingerprint density at radius 1 is 1.24 bits per heavy atom. The molecule has 0 aromatic heterocycles. The topological polar surface area (TPSA) is 81.9 Å². The van der Waals surface area contributed by atoms with Crippen molar-refractivity contribution in [1.29, 1.82) is 0 Å². The first kappa shape index (κ1) is 13.6. The Morgan fingerprint density at radius 3 is 2.57 bits per heavy atom. The summed E-state index contributed by atoms with van der Waals surface area (Å²) >= 11 is 0. The molecule has 0 saturated carbocycles. The predicted molar refractivity (Wildman–Crippen MR) is 76.7 cm³/mol. The Labute approximate surface area is 121 Å². The van der Waals surface area contributed by atoms with Gasteiger partial charge in [-0.15, -0.1) is 0 Å². The van der Waals surface area contributed by atoms with E-state index in [4.69, 9.17) is 15.2 Å². The van der Waals surface area contributed by atoms with Crippen LogP contribution in [0.5, 0.6) is 0 Å².